The molecule has 4 aromatic rings. The minimum absolute atomic E-state index is 0.293. The van der Waals surface area contributed by atoms with Gasteiger partial charge in [0.05, 0.1) is 35.1 Å². The van der Waals surface area contributed by atoms with Crippen molar-refractivity contribution < 1.29 is 4.79 Å². The lowest BCUT2D eigenvalue weighted by molar-refractivity contribution is -0.119. The van der Waals surface area contributed by atoms with Gasteiger partial charge in [-0.1, -0.05) is 23.9 Å². The lowest BCUT2D eigenvalue weighted by Crippen LogP contribution is -2.35. The van der Waals surface area contributed by atoms with E-state index in [1.54, 1.807) is 21.7 Å². The number of aromatic nitrogens is 4. The standard InChI is InChI=1S/C27H25N7OS/c1-18-24(15-31-34(18)23-9-7-22(8-10-23)32(2)17-35)20-11-26(27-21(13-29)14-30-33(27)16-20)36-25-6-4-3-5-19(25)12-28/h3-6,11,14-17,22-23H,7-10H2,1-2H3/t22-,23+. The fourth-order valence-electron chi connectivity index (χ4n) is 5.03. The topological polar surface area (TPSA) is 103 Å². The van der Waals surface area contributed by atoms with Crippen molar-refractivity contribution in [1.29, 1.82) is 10.5 Å². The molecule has 36 heavy (non-hydrogen) atoms. The molecule has 0 spiro atoms. The summed E-state index contributed by atoms with van der Waals surface area (Å²) in [7, 11) is 1.85. The number of hydrogen-bond donors (Lipinski definition) is 0. The first-order valence-electron chi connectivity index (χ1n) is 11.8. The van der Waals surface area contributed by atoms with Gasteiger partial charge in [0.25, 0.3) is 0 Å². The number of rotatable bonds is 6. The SMILES string of the molecule is Cc1c(-c2cc(Sc3ccccc3C#N)c3c(C#N)cnn3c2)cnn1[C@H]1CC[C@@H](N(C)C=O)CC1. The number of benzene rings is 1. The molecule has 0 aliphatic heterocycles. The first-order valence-corrected chi connectivity index (χ1v) is 12.7. The quantitative estimate of drug-likeness (QED) is 0.350. The van der Waals surface area contributed by atoms with Gasteiger partial charge in [-0.15, -0.1) is 0 Å². The first kappa shape index (κ1) is 23.7. The largest absolute Gasteiger partial charge is 0.345 e. The van der Waals surface area contributed by atoms with Crippen molar-refractivity contribution in [2.45, 2.75) is 54.5 Å². The highest BCUT2D eigenvalue weighted by molar-refractivity contribution is 7.99. The Morgan fingerprint density at radius 2 is 1.81 bits per heavy atom. The van der Waals surface area contributed by atoms with E-state index in [4.69, 9.17) is 5.10 Å². The molecule has 1 aromatic carbocycles. The first-order chi connectivity index (χ1) is 17.5. The minimum atomic E-state index is 0.293. The number of carbonyl (C=O) groups excluding carboxylic acids is 1. The van der Waals surface area contributed by atoms with E-state index in [1.165, 1.54) is 11.8 Å². The Hall–Kier alpha value is -4.08. The van der Waals surface area contributed by atoms with Gasteiger partial charge in [0.2, 0.25) is 6.41 Å². The van der Waals surface area contributed by atoms with Crippen molar-refractivity contribution in [2.24, 2.45) is 0 Å². The highest BCUT2D eigenvalue weighted by Gasteiger charge is 2.27. The van der Waals surface area contributed by atoms with E-state index in [0.717, 1.165) is 64.2 Å². The number of pyridine rings is 1. The normalized spacial score (nSPS) is 17.4. The highest BCUT2D eigenvalue weighted by Crippen LogP contribution is 2.38. The predicted octanol–water partition coefficient (Wildman–Crippen LogP) is 4.97. The number of nitriles is 2. The maximum absolute atomic E-state index is 11.1. The van der Waals surface area contributed by atoms with E-state index in [0.29, 0.717) is 23.2 Å². The van der Waals surface area contributed by atoms with Crippen molar-refractivity contribution in [3.05, 3.63) is 65.7 Å². The molecule has 0 bridgehead atoms. The molecule has 5 rings (SSSR count). The summed E-state index contributed by atoms with van der Waals surface area (Å²) in [5.41, 5.74) is 4.83. The molecule has 1 aliphatic carbocycles. The summed E-state index contributed by atoms with van der Waals surface area (Å²) in [6.07, 6.45) is 10.2. The van der Waals surface area contributed by atoms with E-state index in [1.807, 2.05) is 37.6 Å². The molecule has 0 unspecified atom stereocenters. The zero-order valence-corrected chi connectivity index (χ0v) is 20.9. The summed E-state index contributed by atoms with van der Waals surface area (Å²) in [6, 6.07) is 14.6. The van der Waals surface area contributed by atoms with Crippen LogP contribution in [0.1, 0.15) is 48.5 Å². The fourth-order valence-corrected chi connectivity index (χ4v) is 6.12. The van der Waals surface area contributed by atoms with E-state index in [9.17, 15) is 15.3 Å². The Balaban J connectivity index is 1.51. The van der Waals surface area contributed by atoms with Crippen LogP contribution in [0.3, 0.4) is 0 Å². The van der Waals surface area contributed by atoms with Crippen molar-refractivity contribution in [3.8, 4) is 23.3 Å². The second-order valence-electron chi connectivity index (χ2n) is 9.09. The van der Waals surface area contributed by atoms with Crippen molar-refractivity contribution in [2.75, 3.05) is 7.05 Å². The third kappa shape index (κ3) is 4.23. The lowest BCUT2D eigenvalue weighted by atomic mass is 9.90. The summed E-state index contributed by atoms with van der Waals surface area (Å²) in [5.74, 6) is 0. The van der Waals surface area contributed by atoms with Gasteiger partial charge in [0.1, 0.15) is 12.1 Å². The summed E-state index contributed by atoms with van der Waals surface area (Å²) in [6.45, 7) is 2.08. The van der Waals surface area contributed by atoms with Crippen LogP contribution in [0.5, 0.6) is 0 Å². The van der Waals surface area contributed by atoms with Crippen LogP contribution in [-0.2, 0) is 4.79 Å². The maximum atomic E-state index is 11.1. The average Bonchev–Trinajstić information content (AvgIpc) is 3.51. The molecule has 180 valence electrons. The van der Waals surface area contributed by atoms with Gasteiger partial charge in [-0.3, -0.25) is 9.48 Å². The van der Waals surface area contributed by atoms with Gasteiger partial charge in [0, 0.05) is 45.9 Å². The predicted molar refractivity (Wildman–Crippen MR) is 136 cm³/mol. The second-order valence-corrected chi connectivity index (χ2v) is 10.2. The molecule has 0 N–H and O–H groups in total. The molecule has 8 nitrogen and oxygen atoms in total. The highest BCUT2D eigenvalue weighted by atomic mass is 32.2. The molecule has 3 heterocycles. The average molecular weight is 496 g/mol. The smallest absolute Gasteiger partial charge is 0.209 e. The zero-order valence-electron chi connectivity index (χ0n) is 20.1. The number of carbonyl (C=O) groups is 1. The van der Waals surface area contributed by atoms with E-state index in [-0.39, 0.29) is 0 Å². The summed E-state index contributed by atoms with van der Waals surface area (Å²) >= 11 is 1.46. The monoisotopic (exact) mass is 495 g/mol. The van der Waals surface area contributed by atoms with Crippen LogP contribution in [0.15, 0.2) is 58.7 Å². The van der Waals surface area contributed by atoms with Crippen LogP contribution >= 0.6 is 11.8 Å². The van der Waals surface area contributed by atoms with Crippen LogP contribution in [0.2, 0.25) is 0 Å². The molecular formula is C27H25N7OS. The Morgan fingerprint density at radius 1 is 1.06 bits per heavy atom. The fraction of sp³-hybridized carbons (Fsp3) is 0.296. The van der Waals surface area contributed by atoms with Crippen molar-refractivity contribution in [1.82, 2.24) is 24.3 Å². The molecule has 9 heteroatoms. The Labute approximate surface area is 213 Å². The van der Waals surface area contributed by atoms with Gasteiger partial charge in [-0.25, -0.2) is 4.52 Å². The van der Waals surface area contributed by atoms with Crippen LogP contribution in [0, 0.1) is 29.6 Å². The summed E-state index contributed by atoms with van der Waals surface area (Å²) < 4.78 is 3.85. The molecule has 1 fully saturated rings. The maximum Gasteiger partial charge on any atom is 0.209 e. The Morgan fingerprint density at radius 3 is 2.53 bits per heavy atom. The Bertz CT molecular complexity index is 1520. The molecule has 0 radical (unpaired) electrons. The van der Waals surface area contributed by atoms with Crippen molar-refractivity contribution >= 4 is 23.7 Å². The molecule has 1 amide bonds. The molecule has 3 aromatic heterocycles. The van der Waals surface area contributed by atoms with Gasteiger partial charge >= 0.3 is 0 Å². The van der Waals surface area contributed by atoms with E-state index >= 15 is 0 Å². The van der Waals surface area contributed by atoms with Crippen LogP contribution in [0.25, 0.3) is 16.6 Å². The van der Waals surface area contributed by atoms with E-state index < -0.39 is 0 Å². The van der Waals surface area contributed by atoms with Gasteiger partial charge in [-0.2, -0.15) is 20.7 Å². The zero-order chi connectivity index (χ0) is 25.2. The van der Waals surface area contributed by atoms with Crippen LogP contribution in [-0.4, -0.2) is 43.8 Å². The number of nitrogens with zero attached hydrogens (tertiary/aromatic N) is 7. The van der Waals surface area contributed by atoms with Crippen LogP contribution in [0.4, 0.5) is 0 Å². The summed E-state index contributed by atoms with van der Waals surface area (Å²) in [4.78, 5) is 14.6. The molecular weight excluding hydrogens is 470 g/mol. The number of amides is 1. The van der Waals surface area contributed by atoms with Gasteiger partial charge in [0.15, 0.2) is 0 Å². The lowest BCUT2D eigenvalue weighted by Gasteiger charge is -2.33. The third-order valence-corrected chi connectivity index (χ3v) is 8.14. The van der Waals surface area contributed by atoms with Crippen LogP contribution < -0.4 is 0 Å². The molecule has 0 saturated heterocycles. The summed E-state index contributed by atoms with van der Waals surface area (Å²) in [5, 5.41) is 28.4. The molecule has 0 atom stereocenters. The Kier molecular flexibility index (Phi) is 6.49. The third-order valence-electron chi connectivity index (χ3n) is 7.03. The minimum Gasteiger partial charge on any atom is -0.345 e. The number of hydrogen-bond acceptors (Lipinski definition) is 6. The second kappa shape index (κ2) is 9.88. The van der Waals surface area contributed by atoms with E-state index in [2.05, 4.69) is 34.9 Å². The molecule has 1 saturated carbocycles. The van der Waals surface area contributed by atoms with Gasteiger partial charge < -0.3 is 4.90 Å². The number of fused-ring (bicyclic) bond motifs is 1. The van der Waals surface area contributed by atoms with Gasteiger partial charge in [-0.05, 0) is 50.8 Å². The molecule has 1 aliphatic rings. The van der Waals surface area contributed by atoms with Crippen molar-refractivity contribution in [3.63, 3.8) is 0 Å².